The minimum absolute atomic E-state index is 0.0337. The van der Waals surface area contributed by atoms with Crippen molar-refractivity contribution in [3.05, 3.63) is 65.0 Å². The van der Waals surface area contributed by atoms with Crippen molar-refractivity contribution in [2.45, 2.75) is 52.1 Å². The minimum Gasteiger partial charge on any atom is -0.464 e. The zero-order valence-corrected chi connectivity index (χ0v) is 21.3. The van der Waals surface area contributed by atoms with E-state index in [0.29, 0.717) is 22.5 Å². The molecule has 0 fully saturated rings. The third-order valence-electron chi connectivity index (χ3n) is 5.86. The van der Waals surface area contributed by atoms with E-state index in [9.17, 15) is 14.4 Å². The number of rotatable bonds is 1. The number of carbonyl (C=O) groups is 3. The summed E-state index contributed by atoms with van der Waals surface area (Å²) in [7, 11) is 1.25. The summed E-state index contributed by atoms with van der Waals surface area (Å²) >= 11 is 0. The average Bonchev–Trinajstić information content (AvgIpc) is 3.38. The first-order chi connectivity index (χ1) is 16.9. The molecule has 3 heterocycles. The highest BCUT2D eigenvalue weighted by Gasteiger charge is 2.29. The fourth-order valence-electron chi connectivity index (χ4n) is 4.24. The summed E-state index contributed by atoms with van der Waals surface area (Å²) in [5.41, 5.74) is 1.65. The molecule has 0 unspecified atom stereocenters. The van der Waals surface area contributed by atoms with E-state index in [-0.39, 0.29) is 12.1 Å². The molecule has 0 spiro atoms. The number of ether oxygens (including phenoxy) is 2. The predicted molar refractivity (Wildman–Crippen MR) is 136 cm³/mol. The lowest BCUT2D eigenvalue weighted by molar-refractivity contribution is -0.137. The molecule has 9 heteroatoms. The molecule has 0 aliphatic carbocycles. The van der Waals surface area contributed by atoms with Crippen LogP contribution in [-0.4, -0.2) is 45.2 Å². The first kappa shape index (κ1) is 25.0. The molecule has 1 aliphatic heterocycles. The molecule has 2 aromatic heterocycles. The number of para-hydroxylation sites is 1. The molecular formula is C27H30N4O5. The first-order valence-electron chi connectivity index (χ1n) is 11.6. The van der Waals surface area contributed by atoms with Crippen LogP contribution < -0.4 is 5.32 Å². The molecule has 1 amide bonds. The number of fused-ring (bicyclic) bond motifs is 4. The summed E-state index contributed by atoms with van der Waals surface area (Å²) in [6.07, 6.45) is 6.16. The Bertz CT molecular complexity index is 1420. The van der Waals surface area contributed by atoms with Gasteiger partial charge in [0.15, 0.2) is 0 Å². The Morgan fingerprint density at radius 2 is 1.89 bits per heavy atom. The van der Waals surface area contributed by atoms with Gasteiger partial charge in [0.1, 0.15) is 11.3 Å². The minimum atomic E-state index is -0.716. The maximum absolute atomic E-state index is 13.4. The van der Waals surface area contributed by atoms with Crippen molar-refractivity contribution in [2.75, 3.05) is 7.11 Å². The van der Waals surface area contributed by atoms with Crippen molar-refractivity contribution in [3.8, 4) is 0 Å². The number of aromatic amines is 1. The highest BCUT2D eigenvalue weighted by molar-refractivity contribution is 6.01. The van der Waals surface area contributed by atoms with Gasteiger partial charge < -0.3 is 19.8 Å². The van der Waals surface area contributed by atoms with Gasteiger partial charge in [0, 0.05) is 10.8 Å². The van der Waals surface area contributed by atoms with Crippen LogP contribution in [0.1, 0.15) is 57.3 Å². The number of H-pyrrole nitrogens is 1. The van der Waals surface area contributed by atoms with Gasteiger partial charge in [-0.25, -0.2) is 19.1 Å². The molecule has 2 N–H and O–H groups in total. The van der Waals surface area contributed by atoms with Crippen molar-refractivity contribution in [1.29, 1.82) is 0 Å². The standard InChI is InChI=1S/C27H30N4O5/c1-26(2,3)36-25(34)31-20-10-8-7-9-16(20)17-13-22(32)30-19(24(33)35-6)14-18-23(29-15-28-18)27(4,5)12-11-21(17)31/h7-12,14-15H,13H2,1-6H3,(H,28,29)(H,30,32)/b12-11-,19-14-. The van der Waals surface area contributed by atoms with Crippen LogP contribution in [0.3, 0.4) is 0 Å². The molecule has 4 rings (SSSR count). The SMILES string of the molecule is COC(=O)/C1=C/c2nc[nH]c2C(C)(C)/C=C\c2c(c3ccccc3n2C(=O)OC(C)(C)C)CC(=O)N1. The molecule has 0 radical (unpaired) electrons. The number of nitrogens with zero attached hydrogens (tertiary/aromatic N) is 2. The summed E-state index contributed by atoms with van der Waals surface area (Å²) in [5.74, 6) is -1.13. The van der Waals surface area contributed by atoms with Gasteiger partial charge in [0.05, 0.1) is 42.5 Å². The average molecular weight is 491 g/mol. The van der Waals surface area contributed by atoms with E-state index in [1.807, 2.05) is 50.3 Å². The highest BCUT2D eigenvalue weighted by atomic mass is 16.6. The number of benzene rings is 1. The van der Waals surface area contributed by atoms with Gasteiger partial charge in [-0.05, 0) is 44.6 Å². The van der Waals surface area contributed by atoms with E-state index in [2.05, 4.69) is 15.3 Å². The van der Waals surface area contributed by atoms with Crippen molar-refractivity contribution in [1.82, 2.24) is 19.9 Å². The summed E-state index contributed by atoms with van der Waals surface area (Å²) in [6, 6.07) is 7.35. The monoisotopic (exact) mass is 490 g/mol. The number of amides is 1. The highest BCUT2D eigenvalue weighted by Crippen LogP contribution is 2.33. The maximum atomic E-state index is 13.4. The topological polar surface area (TPSA) is 115 Å². The fraction of sp³-hybridized carbons (Fsp3) is 0.333. The van der Waals surface area contributed by atoms with E-state index in [0.717, 1.165) is 11.1 Å². The molecule has 1 aliphatic rings. The lowest BCUT2D eigenvalue weighted by atomic mass is 9.86. The molecule has 0 bridgehead atoms. The Labute approximate surface area is 209 Å². The molecule has 3 aromatic rings. The van der Waals surface area contributed by atoms with E-state index < -0.39 is 29.0 Å². The molecule has 9 nitrogen and oxygen atoms in total. The number of allylic oxidation sites excluding steroid dienone is 1. The Kier molecular flexibility index (Phi) is 6.34. The quantitative estimate of drug-likeness (QED) is 0.491. The van der Waals surface area contributed by atoms with Crippen LogP contribution in [0.5, 0.6) is 0 Å². The molecule has 36 heavy (non-hydrogen) atoms. The normalized spacial score (nSPS) is 17.9. The van der Waals surface area contributed by atoms with Crippen LogP contribution in [0.25, 0.3) is 23.1 Å². The fourth-order valence-corrected chi connectivity index (χ4v) is 4.24. The third kappa shape index (κ3) is 4.82. The number of hydrogen-bond donors (Lipinski definition) is 2. The predicted octanol–water partition coefficient (Wildman–Crippen LogP) is 4.32. The smallest absolute Gasteiger partial charge is 0.419 e. The molecule has 1 aromatic carbocycles. The van der Waals surface area contributed by atoms with Crippen LogP contribution in [-0.2, 0) is 30.9 Å². The van der Waals surface area contributed by atoms with E-state index >= 15 is 0 Å². The lowest BCUT2D eigenvalue weighted by Gasteiger charge is -2.22. The summed E-state index contributed by atoms with van der Waals surface area (Å²) < 4.78 is 12.1. The van der Waals surface area contributed by atoms with Gasteiger partial charge >= 0.3 is 12.1 Å². The Hall–Kier alpha value is -4.14. The van der Waals surface area contributed by atoms with E-state index in [4.69, 9.17) is 9.47 Å². The maximum Gasteiger partial charge on any atom is 0.419 e. The van der Waals surface area contributed by atoms with Crippen LogP contribution in [0.2, 0.25) is 0 Å². The second-order valence-electron chi connectivity index (χ2n) is 10.2. The van der Waals surface area contributed by atoms with Crippen LogP contribution >= 0.6 is 0 Å². The van der Waals surface area contributed by atoms with Crippen molar-refractivity contribution in [2.24, 2.45) is 0 Å². The van der Waals surface area contributed by atoms with Crippen LogP contribution in [0.15, 0.2) is 42.4 Å². The molecule has 0 saturated heterocycles. The van der Waals surface area contributed by atoms with Gasteiger partial charge in [0.25, 0.3) is 0 Å². The number of aromatic nitrogens is 3. The van der Waals surface area contributed by atoms with Crippen molar-refractivity contribution in [3.63, 3.8) is 0 Å². The van der Waals surface area contributed by atoms with Gasteiger partial charge in [0.2, 0.25) is 5.91 Å². The van der Waals surface area contributed by atoms with E-state index in [1.165, 1.54) is 24.1 Å². The van der Waals surface area contributed by atoms with E-state index in [1.54, 1.807) is 20.8 Å². The number of imidazole rings is 1. The molecule has 0 atom stereocenters. The number of carbonyl (C=O) groups excluding carboxylic acids is 3. The summed E-state index contributed by atoms with van der Waals surface area (Å²) in [4.78, 5) is 46.5. The number of esters is 1. The van der Waals surface area contributed by atoms with Crippen LogP contribution in [0, 0.1) is 0 Å². The number of hydrogen-bond acceptors (Lipinski definition) is 6. The largest absolute Gasteiger partial charge is 0.464 e. The van der Waals surface area contributed by atoms with Gasteiger partial charge in [-0.1, -0.05) is 38.1 Å². The van der Waals surface area contributed by atoms with Crippen molar-refractivity contribution >= 4 is 41.0 Å². The molecular weight excluding hydrogens is 460 g/mol. The van der Waals surface area contributed by atoms with Gasteiger partial charge in [-0.3, -0.25) is 4.79 Å². The summed E-state index contributed by atoms with van der Waals surface area (Å²) in [6.45, 7) is 9.37. The Morgan fingerprint density at radius 3 is 2.58 bits per heavy atom. The zero-order chi connectivity index (χ0) is 26.3. The molecule has 188 valence electrons. The summed E-state index contributed by atoms with van der Waals surface area (Å²) in [5, 5.41) is 3.41. The zero-order valence-electron chi connectivity index (χ0n) is 21.3. The second-order valence-corrected chi connectivity index (χ2v) is 10.2. The van der Waals surface area contributed by atoms with Crippen molar-refractivity contribution < 1.29 is 23.9 Å². The molecule has 0 saturated carbocycles. The first-order valence-corrected chi connectivity index (χ1v) is 11.6. The Morgan fingerprint density at radius 1 is 1.17 bits per heavy atom. The van der Waals surface area contributed by atoms with Crippen LogP contribution in [0.4, 0.5) is 4.79 Å². The van der Waals surface area contributed by atoms with Gasteiger partial charge in [-0.2, -0.15) is 0 Å². The number of nitrogens with one attached hydrogen (secondary N) is 2. The Balaban J connectivity index is 1.98. The lowest BCUT2D eigenvalue weighted by Crippen LogP contribution is -2.30. The number of methoxy groups -OCH3 is 1. The third-order valence-corrected chi connectivity index (χ3v) is 5.86. The second kappa shape index (κ2) is 9.14. The van der Waals surface area contributed by atoms with Gasteiger partial charge in [-0.15, -0.1) is 0 Å².